The zero-order valence-electron chi connectivity index (χ0n) is 15.4. The number of amides is 1. The highest BCUT2D eigenvalue weighted by molar-refractivity contribution is 6.05. The van der Waals surface area contributed by atoms with Gasteiger partial charge in [0.25, 0.3) is 5.91 Å². The fourth-order valence-corrected chi connectivity index (χ4v) is 3.06. The van der Waals surface area contributed by atoms with Crippen LogP contribution in [0.1, 0.15) is 26.3 Å². The Kier molecular flexibility index (Phi) is 5.81. The van der Waals surface area contributed by atoms with E-state index >= 15 is 0 Å². The van der Waals surface area contributed by atoms with Crippen molar-refractivity contribution in [2.24, 2.45) is 0 Å². The number of hydrogen-bond donors (Lipinski definition) is 1. The lowest BCUT2D eigenvalue weighted by Crippen LogP contribution is -2.46. The Morgan fingerprint density at radius 3 is 2.38 bits per heavy atom. The van der Waals surface area contributed by atoms with Gasteiger partial charge in [-0.3, -0.25) is 14.5 Å². The molecule has 0 radical (unpaired) electrons. The number of carbonyl (C=O) groups excluding carboxylic acids is 2. The third-order valence-corrected chi connectivity index (χ3v) is 4.69. The maximum Gasteiger partial charge on any atom is 0.255 e. The van der Waals surface area contributed by atoms with Crippen molar-refractivity contribution >= 4 is 17.4 Å². The van der Waals surface area contributed by atoms with Gasteiger partial charge in [0.1, 0.15) is 0 Å². The molecule has 0 bridgehead atoms. The summed E-state index contributed by atoms with van der Waals surface area (Å²) in [6.07, 6.45) is 0. The van der Waals surface area contributed by atoms with Gasteiger partial charge in [-0.1, -0.05) is 29.8 Å². The number of anilines is 1. The SMILES string of the molecule is Cc1cccc(C(=O)Nc2cccc(C(=O)CN3CCN(C)CC3)c2)c1. The summed E-state index contributed by atoms with van der Waals surface area (Å²) in [5, 5.41) is 2.88. The van der Waals surface area contributed by atoms with E-state index < -0.39 is 0 Å². The highest BCUT2D eigenvalue weighted by Gasteiger charge is 2.17. The van der Waals surface area contributed by atoms with Crippen LogP contribution in [0.2, 0.25) is 0 Å². The third-order valence-electron chi connectivity index (χ3n) is 4.69. The Balaban J connectivity index is 1.64. The van der Waals surface area contributed by atoms with E-state index in [0.29, 0.717) is 23.4 Å². The average molecular weight is 351 g/mol. The molecule has 1 amide bonds. The van der Waals surface area contributed by atoms with E-state index in [2.05, 4.69) is 22.2 Å². The van der Waals surface area contributed by atoms with Crippen LogP contribution >= 0.6 is 0 Å². The number of carbonyl (C=O) groups is 2. The summed E-state index contributed by atoms with van der Waals surface area (Å²) in [6.45, 7) is 6.16. The Hall–Kier alpha value is -2.50. The van der Waals surface area contributed by atoms with Crippen molar-refractivity contribution in [3.8, 4) is 0 Å². The molecule has 3 rings (SSSR count). The lowest BCUT2D eigenvalue weighted by Gasteiger charge is -2.31. The minimum Gasteiger partial charge on any atom is -0.322 e. The zero-order chi connectivity index (χ0) is 18.5. The van der Waals surface area contributed by atoms with E-state index in [1.54, 1.807) is 24.3 Å². The van der Waals surface area contributed by atoms with Crippen LogP contribution in [0.15, 0.2) is 48.5 Å². The summed E-state index contributed by atoms with van der Waals surface area (Å²) in [4.78, 5) is 29.4. The Morgan fingerprint density at radius 2 is 1.65 bits per heavy atom. The summed E-state index contributed by atoms with van der Waals surface area (Å²) < 4.78 is 0. The van der Waals surface area contributed by atoms with Crippen molar-refractivity contribution in [3.63, 3.8) is 0 Å². The summed E-state index contributed by atoms with van der Waals surface area (Å²) in [5.74, 6) is -0.0847. The predicted molar refractivity (Wildman–Crippen MR) is 104 cm³/mol. The molecule has 26 heavy (non-hydrogen) atoms. The van der Waals surface area contributed by atoms with E-state index in [-0.39, 0.29) is 11.7 Å². The molecule has 1 aliphatic rings. The van der Waals surface area contributed by atoms with Crippen molar-refractivity contribution in [2.75, 3.05) is 45.1 Å². The average Bonchev–Trinajstić information content (AvgIpc) is 2.64. The molecule has 2 aromatic carbocycles. The molecule has 1 heterocycles. The first-order valence-corrected chi connectivity index (χ1v) is 8.93. The number of nitrogens with zero attached hydrogens (tertiary/aromatic N) is 2. The quantitative estimate of drug-likeness (QED) is 0.842. The second-order valence-corrected chi connectivity index (χ2v) is 6.91. The fraction of sp³-hybridized carbons (Fsp3) is 0.333. The number of aryl methyl sites for hydroxylation is 1. The number of nitrogens with one attached hydrogen (secondary N) is 1. The van der Waals surface area contributed by atoms with Gasteiger partial charge in [0.05, 0.1) is 6.54 Å². The van der Waals surface area contributed by atoms with Crippen molar-refractivity contribution in [1.82, 2.24) is 9.80 Å². The van der Waals surface area contributed by atoms with Gasteiger partial charge in [-0.05, 0) is 38.2 Å². The molecule has 1 N–H and O–H groups in total. The lowest BCUT2D eigenvalue weighted by molar-refractivity contribution is 0.0876. The second-order valence-electron chi connectivity index (χ2n) is 6.91. The monoisotopic (exact) mass is 351 g/mol. The molecule has 5 heteroatoms. The first-order chi connectivity index (χ1) is 12.5. The van der Waals surface area contributed by atoms with E-state index in [0.717, 1.165) is 31.7 Å². The lowest BCUT2D eigenvalue weighted by atomic mass is 10.1. The maximum atomic E-state index is 12.6. The first-order valence-electron chi connectivity index (χ1n) is 8.93. The van der Waals surface area contributed by atoms with Crippen molar-refractivity contribution in [1.29, 1.82) is 0 Å². The summed E-state index contributed by atoms with van der Waals surface area (Å²) in [7, 11) is 2.10. The number of likely N-dealkylation sites (N-methyl/N-ethyl adjacent to an activating group) is 1. The minimum absolute atomic E-state index is 0.0845. The van der Waals surface area contributed by atoms with Crippen molar-refractivity contribution in [2.45, 2.75) is 6.92 Å². The van der Waals surface area contributed by atoms with Gasteiger partial charge < -0.3 is 10.2 Å². The van der Waals surface area contributed by atoms with Crippen LogP contribution in [0.4, 0.5) is 5.69 Å². The van der Waals surface area contributed by atoms with Gasteiger partial charge in [-0.25, -0.2) is 0 Å². The van der Waals surface area contributed by atoms with Crippen LogP contribution in [0.3, 0.4) is 0 Å². The zero-order valence-corrected chi connectivity index (χ0v) is 15.4. The molecule has 1 aliphatic heterocycles. The van der Waals surface area contributed by atoms with Gasteiger partial charge >= 0.3 is 0 Å². The maximum absolute atomic E-state index is 12.6. The molecule has 2 aromatic rings. The standard InChI is InChI=1S/C21H25N3O2/c1-16-5-3-7-18(13-16)21(26)22-19-8-4-6-17(14-19)20(25)15-24-11-9-23(2)10-12-24/h3-8,13-14H,9-12,15H2,1-2H3,(H,22,26). The van der Waals surface area contributed by atoms with E-state index in [1.807, 2.05) is 31.2 Å². The fourth-order valence-electron chi connectivity index (χ4n) is 3.06. The highest BCUT2D eigenvalue weighted by atomic mass is 16.1. The Morgan fingerprint density at radius 1 is 0.962 bits per heavy atom. The smallest absolute Gasteiger partial charge is 0.255 e. The van der Waals surface area contributed by atoms with Crippen molar-refractivity contribution in [3.05, 3.63) is 65.2 Å². The van der Waals surface area contributed by atoms with Crippen molar-refractivity contribution < 1.29 is 9.59 Å². The van der Waals surface area contributed by atoms with Gasteiger partial charge in [0.15, 0.2) is 5.78 Å². The molecule has 136 valence electrons. The van der Waals surface area contributed by atoms with Gasteiger partial charge in [0.2, 0.25) is 0 Å². The molecule has 0 saturated carbocycles. The molecule has 0 unspecified atom stereocenters. The summed E-state index contributed by atoms with van der Waals surface area (Å²) in [6, 6.07) is 14.6. The Bertz CT molecular complexity index is 795. The number of benzene rings is 2. The van der Waals surface area contributed by atoms with Crippen LogP contribution in [-0.4, -0.2) is 61.3 Å². The molecular weight excluding hydrogens is 326 g/mol. The third kappa shape index (κ3) is 4.77. The molecule has 0 aromatic heterocycles. The minimum atomic E-state index is -0.169. The summed E-state index contributed by atoms with van der Waals surface area (Å²) >= 11 is 0. The van der Waals surface area contributed by atoms with Crippen LogP contribution in [-0.2, 0) is 0 Å². The second kappa shape index (κ2) is 8.25. The van der Waals surface area contributed by atoms with Gasteiger partial charge in [-0.2, -0.15) is 0 Å². The molecule has 1 saturated heterocycles. The number of hydrogen-bond acceptors (Lipinski definition) is 4. The van der Waals surface area contributed by atoms with Crippen LogP contribution in [0, 0.1) is 6.92 Å². The van der Waals surface area contributed by atoms with E-state index in [1.165, 1.54) is 0 Å². The van der Waals surface area contributed by atoms with Gasteiger partial charge in [0, 0.05) is 43.0 Å². The van der Waals surface area contributed by atoms with Gasteiger partial charge in [-0.15, -0.1) is 0 Å². The molecule has 0 spiro atoms. The Labute approximate surface area is 154 Å². The largest absolute Gasteiger partial charge is 0.322 e. The van der Waals surface area contributed by atoms with Crippen LogP contribution in [0.5, 0.6) is 0 Å². The normalized spacial score (nSPS) is 15.6. The number of rotatable bonds is 5. The van der Waals surface area contributed by atoms with E-state index in [9.17, 15) is 9.59 Å². The first kappa shape index (κ1) is 18.3. The molecule has 0 aliphatic carbocycles. The molecule has 5 nitrogen and oxygen atoms in total. The molecule has 1 fully saturated rings. The number of Topliss-reactive ketones (excluding diaryl/α,β-unsaturated/α-hetero) is 1. The van der Waals surface area contributed by atoms with Crippen LogP contribution < -0.4 is 5.32 Å². The highest BCUT2D eigenvalue weighted by Crippen LogP contribution is 2.14. The topological polar surface area (TPSA) is 52.7 Å². The molecule has 0 atom stereocenters. The summed E-state index contributed by atoms with van der Waals surface area (Å²) in [5.41, 5.74) is 2.92. The molecular formula is C21H25N3O2. The number of piperazine rings is 1. The predicted octanol–water partition coefficient (Wildman–Crippen LogP) is 2.68. The van der Waals surface area contributed by atoms with E-state index in [4.69, 9.17) is 0 Å². The number of ketones is 1. The van der Waals surface area contributed by atoms with Crippen LogP contribution in [0.25, 0.3) is 0 Å².